The molecule has 1 aliphatic heterocycles. The molecule has 1 heterocycles. The van der Waals surface area contributed by atoms with Crippen molar-refractivity contribution in [1.82, 2.24) is 4.90 Å². The Balaban J connectivity index is 1.85. The minimum atomic E-state index is -0.534. The molecule has 1 saturated carbocycles. The molecule has 1 spiro atoms. The van der Waals surface area contributed by atoms with Crippen LogP contribution in [-0.2, 0) is 4.74 Å². The molecule has 134 valence electrons. The van der Waals surface area contributed by atoms with E-state index in [9.17, 15) is 9.90 Å². The summed E-state index contributed by atoms with van der Waals surface area (Å²) in [7, 11) is 0. The molecule has 1 aliphatic carbocycles. The minimum Gasteiger partial charge on any atom is -0.444 e. The first kappa shape index (κ1) is 17.8. The van der Waals surface area contributed by atoms with E-state index in [1.807, 2.05) is 37.8 Å². The molecule has 2 fully saturated rings. The summed E-state index contributed by atoms with van der Waals surface area (Å²) in [5.74, 6) is 0. The highest BCUT2D eigenvalue weighted by atomic mass is 16.6. The van der Waals surface area contributed by atoms with Crippen molar-refractivity contribution in [2.75, 3.05) is 6.54 Å². The van der Waals surface area contributed by atoms with Crippen molar-refractivity contribution in [2.24, 2.45) is 5.41 Å². The van der Waals surface area contributed by atoms with Crippen LogP contribution in [0.15, 0.2) is 24.3 Å². The van der Waals surface area contributed by atoms with Crippen LogP contribution in [0.1, 0.15) is 63.6 Å². The van der Waals surface area contributed by atoms with Gasteiger partial charge in [-0.2, -0.15) is 5.26 Å². The number of aliphatic hydroxyl groups excluding tert-OH is 1. The van der Waals surface area contributed by atoms with E-state index in [1.54, 1.807) is 12.1 Å². The van der Waals surface area contributed by atoms with Gasteiger partial charge in [0, 0.05) is 6.54 Å². The molecule has 0 radical (unpaired) electrons. The van der Waals surface area contributed by atoms with Crippen LogP contribution >= 0.6 is 0 Å². The lowest BCUT2D eigenvalue weighted by Crippen LogP contribution is -2.52. The van der Waals surface area contributed by atoms with Gasteiger partial charge < -0.3 is 14.7 Å². The van der Waals surface area contributed by atoms with Crippen LogP contribution in [-0.4, -0.2) is 34.3 Å². The van der Waals surface area contributed by atoms with E-state index >= 15 is 0 Å². The Morgan fingerprint density at radius 1 is 1.28 bits per heavy atom. The van der Waals surface area contributed by atoms with Crippen LogP contribution in [0.5, 0.6) is 0 Å². The number of likely N-dealkylation sites (tertiary alicyclic amines) is 1. The van der Waals surface area contributed by atoms with Gasteiger partial charge in [-0.3, -0.25) is 0 Å². The normalized spacial score (nSPS) is 29.0. The maximum atomic E-state index is 12.7. The number of rotatable bonds is 1. The van der Waals surface area contributed by atoms with Gasteiger partial charge in [0.1, 0.15) is 5.60 Å². The first-order valence-electron chi connectivity index (χ1n) is 8.89. The number of benzene rings is 1. The van der Waals surface area contributed by atoms with E-state index in [0.29, 0.717) is 12.1 Å². The van der Waals surface area contributed by atoms with Crippen molar-refractivity contribution in [3.63, 3.8) is 0 Å². The largest absolute Gasteiger partial charge is 0.444 e. The number of carbonyl (C=O) groups is 1. The van der Waals surface area contributed by atoms with Gasteiger partial charge in [0.25, 0.3) is 0 Å². The number of nitriles is 1. The molecule has 0 bridgehead atoms. The van der Waals surface area contributed by atoms with Crippen molar-refractivity contribution in [2.45, 2.75) is 64.2 Å². The quantitative estimate of drug-likeness (QED) is 0.843. The lowest BCUT2D eigenvalue weighted by molar-refractivity contribution is -0.0864. The summed E-state index contributed by atoms with van der Waals surface area (Å²) >= 11 is 0. The number of piperidine rings is 1. The van der Waals surface area contributed by atoms with E-state index in [-0.39, 0.29) is 23.7 Å². The lowest BCUT2D eigenvalue weighted by atomic mass is 9.59. The molecule has 1 amide bonds. The third kappa shape index (κ3) is 3.80. The fourth-order valence-corrected chi connectivity index (χ4v) is 4.06. The predicted octanol–water partition coefficient (Wildman–Crippen LogP) is 3.77. The third-order valence-corrected chi connectivity index (χ3v) is 5.28. The fraction of sp³-hybridized carbons (Fsp3) is 0.600. The molecule has 1 atom stereocenters. The van der Waals surface area contributed by atoms with Gasteiger partial charge in [0.2, 0.25) is 0 Å². The summed E-state index contributed by atoms with van der Waals surface area (Å²) in [6, 6.07) is 9.48. The predicted molar refractivity (Wildman–Crippen MR) is 93.7 cm³/mol. The van der Waals surface area contributed by atoms with Crippen LogP contribution in [0.4, 0.5) is 4.79 Å². The molecule has 25 heavy (non-hydrogen) atoms. The fourth-order valence-electron chi connectivity index (χ4n) is 4.06. The highest BCUT2D eigenvalue weighted by molar-refractivity contribution is 5.69. The van der Waals surface area contributed by atoms with Gasteiger partial charge in [-0.25, -0.2) is 4.79 Å². The van der Waals surface area contributed by atoms with Crippen molar-refractivity contribution < 1.29 is 14.6 Å². The van der Waals surface area contributed by atoms with Gasteiger partial charge in [-0.1, -0.05) is 12.1 Å². The van der Waals surface area contributed by atoms with Crippen LogP contribution in [0, 0.1) is 16.7 Å². The van der Waals surface area contributed by atoms with Gasteiger partial charge in [-0.15, -0.1) is 0 Å². The van der Waals surface area contributed by atoms with Crippen LogP contribution in [0.3, 0.4) is 0 Å². The Kier molecular flexibility index (Phi) is 4.51. The average Bonchev–Trinajstić information content (AvgIpc) is 2.52. The van der Waals surface area contributed by atoms with Crippen LogP contribution in [0.25, 0.3) is 0 Å². The van der Waals surface area contributed by atoms with Crippen molar-refractivity contribution in [1.29, 1.82) is 5.26 Å². The summed E-state index contributed by atoms with van der Waals surface area (Å²) in [6.07, 6.45) is 2.83. The molecule has 0 unspecified atom stereocenters. The van der Waals surface area contributed by atoms with Crippen molar-refractivity contribution >= 4 is 6.09 Å². The zero-order valence-corrected chi connectivity index (χ0v) is 15.2. The van der Waals surface area contributed by atoms with E-state index < -0.39 is 5.60 Å². The summed E-state index contributed by atoms with van der Waals surface area (Å²) in [4.78, 5) is 14.5. The lowest BCUT2D eigenvalue weighted by Gasteiger charge is -2.53. The maximum Gasteiger partial charge on any atom is 0.410 e. The molecule has 5 nitrogen and oxygen atoms in total. The first-order chi connectivity index (χ1) is 11.7. The highest BCUT2D eigenvalue weighted by Crippen LogP contribution is 2.54. The van der Waals surface area contributed by atoms with E-state index in [2.05, 4.69) is 6.07 Å². The number of hydrogen-bond acceptors (Lipinski definition) is 4. The van der Waals surface area contributed by atoms with Gasteiger partial charge >= 0.3 is 6.09 Å². The molecule has 1 aromatic carbocycles. The van der Waals surface area contributed by atoms with E-state index in [1.165, 1.54) is 0 Å². The summed E-state index contributed by atoms with van der Waals surface area (Å²) in [6.45, 7) is 6.24. The molecule has 0 aromatic heterocycles. The summed E-state index contributed by atoms with van der Waals surface area (Å²) < 4.78 is 5.60. The minimum absolute atomic E-state index is 0.0798. The topological polar surface area (TPSA) is 73.6 Å². The molecule has 2 aliphatic rings. The smallest absolute Gasteiger partial charge is 0.410 e. The Hall–Kier alpha value is -2.06. The third-order valence-electron chi connectivity index (χ3n) is 5.28. The number of nitrogens with zero attached hydrogens (tertiary/aromatic N) is 2. The number of aliphatic hydroxyl groups is 1. The second-order valence-corrected chi connectivity index (χ2v) is 8.44. The van der Waals surface area contributed by atoms with Crippen LogP contribution < -0.4 is 0 Å². The number of amides is 1. The molecular formula is C20H26N2O3. The second-order valence-electron chi connectivity index (χ2n) is 8.44. The molecule has 1 aromatic rings. The second kappa shape index (κ2) is 6.34. The molecule has 1 saturated heterocycles. The van der Waals surface area contributed by atoms with E-state index in [0.717, 1.165) is 31.2 Å². The number of ether oxygens (including phenoxy) is 1. The Morgan fingerprint density at radius 3 is 2.44 bits per heavy atom. The van der Waals surface area contributed by atoms with Crippen molar-refractivity contribution in [3.8, 4) is 6.07 Å². The van der Waals surface area contributed by atoms with Gasteiger partial charge in [0.05, 0.1) is 23.8 Å². The molecule has 1 N–H and O–H groups in total. The Labute approximate surface area is 149 Å². The van der Waals surface area contributed by atoms with Gasteiger partial charge in [-0.05, 0) is 69.6 Å². The highest BCUT2D eigenvalue weighted by Gasteiger charge is 2.49. The molecule has 5 heteroatoms. The average molecular weight is 342 g/mol. The maximum absolute atomic E-state index is 12.7. The zero-order valence-electron chi connectivity index (χ0n) is 15.2. The SMILES string of the molecule is CC(C)(C)OC(=O)N1CCC2(CC(O)C2)C[C@H]1c1ccc(C#N)cc1. The molecule has 3 rings (SSSR count). The van der Waals surface area contributed by atoms with Gasteiger partial charge in [0.15, 0.2) is 0 Å². The monoisotopic (exact) mass is 342 g/mol. The first-order valence-corrected chi connectivity index (χ1v) is 8.89. The van der Waals surface area contributed by atoms with E-state index in [4.69, 9.17) is 10.00 Å². The summed E-state index contributed by atoms with van der Waals surface area (Å²) in [5, 5.41) is 18.8. The Morgan fingerprint density at radius 2 is 1.92 bits per heavy atom. The standard InChI is InChI=1S/C20H26N2O3/c1-19(2,3)25-18(24)22-9-8-20(10-16(23)11-20)12-17(22)15-6-4-14(13-21)5-7-15/h4-7,16-17,23H,8-12H2,1-3H3/t16?,17-,20?/m0/s1. The van der Waals surface area contributed by atoms with Crippen LogP contribution in [0.2, 0.25) is 0 Å². The number of hydrogen-bond donors (Lipinski definition) is 1. The summed E-state index contributed by atoms with van der Waals surface area (Å²) in [5.41, 5.74) is 1.22. The molecular weight excluding hydrogens is 316 g/mol. The zero-order chi connectivity index (χ0) is 18.2. The number of carbonyl (C=O) groups excluding carboxylic acids is 1. The Bertz CT molecular complexity index is 678. The van der Waals surface area contributed by atoms with Crippen molar-refractivity contribution in [3.05, 3.63) is 35.4 Å².